The maximum absolute atomic E-state index is 12.0. The molecule has 2 rings (SSSR count). The van der Waals surface area contributed by atoms with Crippen LogP contribution in [0.2, 0.25) is 0 Å². The number of carbonyl (C=O) groups excluding carboxylic acids is 1. The van der Waals surface area contributed by atoms with Crippen molar-refractivity contribution in [3.05, 3.63) is 63.7 Å². The number of thioether (sulfide) groups is 1. The van der Waals surface area contributed by atoms with Crippen molar-refractivity contribution in [1.29, 1.82) is 0 Å². The van der Waals surface area contributed by atoms with Crippen molar-refractivity contribution in [2.45, 2.75) is 19.1 Å². The molecule has 6 nitrogen and oxygen atoms in total. The van der Waals surface area contributed by atoms with Gasteiger partial charge >= 0.3 is 5.69 Å². The van der Waals surface area contributed by atoms with E-state index in [2.05, 4.69) is 12.2 Å². The lowest BCUT2D eigenvalue weighted by molar-refractivity contribution is -0.385. The van der Waals surface area contributed by atoms with Crippen LogP contribution in [-0.2, 0) is 17.0 Å². The van der Waals surface area contributed by atoms with E-state index in [1.54, 1.807) is 12.1 Å². The molecule has 0 aliphatic carbocycles. The van der Waals surface area contributed by atoms with Crippen LogP contribution in [-0.4, -0.2) is 23.7 Å². The largest absolute Gasteiger partial charge is 0.490 e. The van der Waals surface area contributed by atoms with Gasteiger partial charge in [0.25, 0.3) is 0 Å². The summed E-state index contributed by atoms with van der Waals surface area (Å²) in [5.74, 6) is 0.914. The molecule has 1 N–H and O–H groups in total. The van der Waals surface area contributed by atoms with Gasteiger partial charge in [-0.15, -0.1) is 11.8 Å². The van der Waals surface area contributed by atoms with Crippen LogP contribution in [0.1, 0.15) is 18.1 Å². The molecular formula is C18H20N2O4S. The quantitative estimate of drug-likeness (QED) is 0.567. The Morgan fingerprint density at radius 3 is 2.72 bits per heavy atom. The summed E-state index contributed by atoms with van der Waals surface area (Å²) < 4.78 is 4.98. The highest BCUT2D eigenvalue weighted by atomic mass is 32.2. The first-order valence-electron chi connectivity index (χ1n) is 7.81. The predicted molar refractivity (Wildman–Crippen MR) is 100 cm³/mol. The third-order valence-corrected chi connectivity index (χ3v) is 4.56. The smallest absolute Gasteiger partial charge is 0.311 e. The highest BCUT2D eigenvalue weighted by molar-refractivity contribution is 7.99. The summed E-state index contributed by atoms with van der Waals surface area (Å²) in [6.07, 6.45) is 0.911. The molecule has 0 aliphatic rings. The number of ether oxygens (including phenoxy) is 1. The zero-order valence-corrected chi connectivity index (χ0v) is 15.0. The van der Waals surface area contributed by atoms with E-state index in [9.17, 15) is 14.9 Å². The van der Waals surface area contributed by atoms with Gasteiger partial charge in [0.05, 0.1) is 17.8 Å². The Hall–Kier alpha value is -2.54. The van der Waals surface area contributed by atoms with Crippen LogP contribution >= 0.6 is 11.8 Å². The standard InChI is InChI=1S/C18H20N2O4S/c1-3-13-5-4-6-15(9-13)19-18(21)12-25-11-14-7-8-17(24-2)16(10-14)20(22)23/h4-10H,3,11-12H2,1-2H3,(H,19,21). The summed E-state index contributed by atoms with van der Waals surface area (Å²) in [5.41, 5.74) is 2.65. The summed E-state index contributed by atoms with van der Waals surface area (Å²) >= 11 is 1.40. The van der Waals surface area contributed by atoms with Crippen molar-refractivity contribution in [1.82, 2.24) is 0 Å². The SMILES string of the molecule is CCc1cccc(NC(=O)CSCc2ccc(OC)c([N+](=O)[O-])c2)c1. The summed E-state index contributed by atoms with van der Waals surface area (Å²) in [6, 6.07) is 12.6. The Bertz CT molecular complexity index is 764. The Morgan fingerprint density at radius 2 is 2.04 bits per heavy atom. The molecule has 25 heavy (non-hydrogen) atoms. The number of nitrogens with one attached hydrogen (secondary N) is 1. The van der Waals surface area contributed by atoms with Crippen LogP contribution in [0, 0.1) is 10.1 Å². The highest BCUT2D eigenvalue weighted by Gasteiger charge is 2.15. The molecule has 2 aromatic rings. The summed E-state index contributed by atoms with van der Waals surface area (Å²) in [5, 5.41) is 13.9. The van der Waals surface area contributed by atoms with Crippen LogP contribution in [0.25, 0.3) is 0 Å². The molecule has 0 aliphatic heterocycles. The van der Waals surface area contributed by atoms with Crippen molar-refractivity contribution in [3.63, 3.8) is 0 Å². The molecule has 2 aromatic carbocycles. The molecule has 132 valence electrons. The lowest BCUT2D eigenvalue weighted by Crippen LogP contribution is -2.14. The van der Waals surface area contributed by atoms with Crippen molar-refractivity contribution in [2.24, 2.45) is 0 Å². The zero-order chi connectivity index (χ0) is 18.2. The van der Waals surface area contributed by atoms with Crippen LogP contribution in [0.4, 0.5) is 11.4 Å². The first-order valence-corrected chi connectivity index (χ1v) is 8.96. The minimum atomic E-state index is -0.472. The fourth-order valence-electron chi connectivity index (χ4n) is 2.30. The molecule has 0 radical (unpaired) electrons. The third-order valence-electron chi connectivity index (χ3n) is 3.56. The van der Waals surface area contributed by atoms with Crippen molar-refractivity contribution >= 4 is 29.0 Å². The first kappa shape index (κ1) is 18.8. The number of aryl methyl sites for hydroxylation is 1. The van der Waals surface area contributed by atoms with Crippen molar-refractivity contribution in [2.75, 3.05) is 18.2 Å². The second-order valence-electron chi connectivity index (χ2n) is 5.36. The molecule has 0 saturated heterocycles. The number of hydrogen-bond acceptors (Lipinski definition) is 5. The molecule has 0 bridgehead atoms. The van der Waals surface area contributed by atoms with Gasteiger partial charge in [-0.2, -0.15) is 0 Å². The van der Waals surface area contributed by atoms with Crippen molar-refractivity contribution in [3.8, 4) is 5.75 Å². The fraction of sp³-hybridized carbons (Fsp3) is 0.278. The molecule has 0 fully saturated rings. The number of nitro benzene ring substituents is 1. The summed E-state index contributed by atoms with van der Waals surface area (Å²) in [6.45, 7) is 2.06. The molecule has 0 heterocycles. The summed E-state index contributed by atoms with van der Waals surface area (Å²) in [7, 11) is 1.40. The minimum Gasteiger partial charge on any atom is -0.490 e. The van der Waals surface area contributed by atoms with E-state index in [1.165, 1.54) is 24.9 Å². The third kappa shape index (κ3) is 5.49. The van der Waals surface area contributed by atoms with E-state index in [-0.39, 0.29) is 23.1 Å². The molecule has 0 atom stereocenters. The molecule has 0 aromatic heterocycles. The van der Waals surface area contributed by atoms with Crippen molar-refractivity contribution < 1.29 is 14.5 Å². The topological polar surface area (TPSA) is 81.5 Å². The molecule has 7 heteroatoms. The molecule has 0 spiro atoms. The van der Waals surface area contributed by atoms with E-state index in [4.69, 9.17) is 4.74 Å². The second-order valence-corrected chi connectivity index (χ2v) is 6.34. The Labute approximate surface area is 150 Å². The van der Waals surface area contributed by atoms with Gasteiger partial charge in [-0.05, 0) is 35.7 Å². The lowest BCUT2D eigenvalue weighted by Gasteiger charge is -2.07. The number of anilines is 1. The van der Waals surface area contributed by atoms with Gasteiger partial charge in [0.15, 0.2) is 5.75 Å². The number of hydrogen-bond donors (Lipinski definition) is 1. The van der Waals surface area contributed by atoms with Gasteiger partial charge in [-0.25, -0.2) is 0 Å². The van der Waals surface area contributed by atoms with E-state index in [0.29, 0.717) is 5.75 Å². The van der Waals surface area contributed by atoms with E-state index >= 15 is 0 Å². The Kier molecular flexibility index (Phi) is 6.82. The maximum atomic E-state index is 12.0. The molecule has 0 unspecified atom stereocenters. The van der Waals surface area contributed by atoms with Crippen LogP contribution in [0.15, 0.2) is 42.5 Å². The zero-order valence-electron chi connectivity index (χ0n) is 14.2. The van der Waals surface area contributed by atoms with Gasteiger partial charge < -0.3 is 10.1 Å². The van der Waals surface area contributed by atoms with E-state index in [1.807, 2.05) is 24.3 Å². The predicted octanol–water partition coefficient (Wildman–Crippen LogP) is 4.04. The number of nitro groups is 1. The number of benzene rings is 2. The summed E-state index contributed by atoms with van der Waals surface area (Å²) in [4.78, 5) is 22.6. The molecule has 0 saturated carbocycles. The van der Waals surface area contributed by atoms with Gasteiger partial charge in [0, 0.05) is 17.5 Å². The number of amides is 1. The Morgan fingerprint density at radius 1 is 1.24 bits per heavy atom. The highest BCUT2D eigenvalue weighted by Crippen LogP contribution is 2.29. The van der Waals surface area contributed by atoms with Crippen LogP contribution < -0.4 is 10.1 Å². The monoisotopic (exact) mass is 360 g/mol. The number of methoxy groups -OCH3 is 1. The van der Waals surface area contributed by atoms with E-state index < -0.39 is 4.92 Å². The number of rotatable bonds is 8. The number of carbonyl (C=O) groups is 1. The van der Waals surface area contributed by atoms with Gasteiger partial charge in [0.2, 0.25) is 5.91 Å². The molecule has 1 amide bonds. The minimum absolute atomic E-state index is 0.0681. The molecular weight excluding hydrogens is 340 g/mol. The maximum Gasteiger partial charge on any atom is 0.311 e. The average Bonchev–Trinajstić information content (AvgIpc) is 2.61. The lowest BCUT2D eigenvalue weighted by atomic mass is 10.1. The number of nitrogens with zero attached hydrogens (tertiary/aromatic N) is 1. The van der Waals surface area contributed by atoms with Gasteiger partial charge in [-0.3, -0.25) is 14.9 Å². The first-order chi connectivity index (χ1) is 12.0. The Balaban J connectivity index is 1.88. The normalized spacial score (nSPS) is 10.3. The van der Waals surface area contributed by atoms with Gasteiger partial charge in [-0.1, -0.05) is 25.1 Å². The van der Waals surface area contributed by atoms with Crippen LogP contribution in [0.5, 0.6) is 5.75 Å². The van der Waals surface area contributed by atoms with Gasteiger partial charge in [0.1, 0.15) is 0 Å². The van der Waals surface area contributed by atoms with E-state index in [0.717, 1.165) is 23.2 Å². The second kappa shape index (κ2) is 9.08. The average molecular weight is 360 g/mol. The fourth-order valence-corrected chi connectivity index (χ4v) is 3.07. The van der Waals surface area contributed by atoms with Crippen LogP contribution in [0.3, 0.4) is 0 Å².